The summed E-state index contributed by atoms with van der Waals surface area (Å²) in [4.78, 5) is 9.13. The molecular weight excluding hydrogens is 304 g/mol. The van der Waals surface area contributed by atoms with Crippen LogP contribution in [-0.4, -0.2) is 13.0 Å². The van der Waals surface area contributed by atoms with E-state index in [1.807, 2.05) is 0 Å². The quantitative estimate of drug-likeness (QED) is 0.540. The summed E-state index contributed by atoms with van der Waals surface area (Å²) in [6.07, 6.45) is 1.45. The maximum atomic E-state index is 9.13. The van der Waals surface area contributed by atoms with Crippen LogP contribution in [0.25, 0.3) is 0 Å². The van der Waals surface area contributed by atoms with Crippen LogP contribution in [0.3, 0.4) is 0 Å². The normalized spacial score (nSPS) is 5.50. The molecule has 0 saturated carbocycles. The van der Waals surface area contributed by atoms with E-state index in [4.69, 9.17) is 4.79 Å². The van der Waals surface area contributed by atoms with Gasteiger partial charge in [-0.3, -0.25) is 0 Å². The monoisotopic (exact) mass is 309 g/mol. The fourth-order valence-corrected chi connectivity index (χ4v) is 0.0510. The summed E-state index contributed by atoms with van der Waals surface area (Å²) >= 11 is 0. The Kier molecular flexibility index (Phi) is 14.8. The zero-order chi connectivity index (χ0) is 4.12. The third kappa shape index (κ3) is 8.82. The van der Waals surface area contributed by atoms with E-state index in [9.17, 15) is 0 Å². The van der Waals surface area contributed by atoms with Gasteiger partial charge in [0.15, 0.2) is 0 Å². The molecule has 0 aromatic carbocycles. The number of amides is 1. The average Bonchev–Trinajstić information content (AvgIpc) is 1.41. The Morgan fingerprint density at radius 2 is 2.33 bits per heavy atom. The Morgan fingerprint density at radius 1 is 1.83 bits per heavy atom. The van der Waals surface area contributed by atoms with Crippen molar-refractivity contribution in [3.63, 3.8) is 0 Å². The molecule has 0 heterocycles. The zero-order valence-corrected chi connectivity index (χ0v) is 7.49. The van der Waals surface area contributed by atoms with Gasteiger partial charge in [-0.15, -0.1) is 6.54 Å². The van der Waals surface area contributed by atoms with E-state index in [2.05, 4.69) is 12.2 Å². The van der Waals surface area contributed by atoms with E-state index in [1.165, 1.54) is 6.41 Å². The van der Waals surface area contributed by atoms with Gasteiger partial charge >= 0.3 is 31.1 Å². The van der Waals surface area contributed by atoms with Gasteiger partial charge in [0.2, 0.25) is 0 Å². The van der Waals surface area contributed by atoms with Crippen molar-refractivity contribution in [2.75, 3.05) is 6.54 Å². The predicted octanol–water partition coefficient (Wildman–Crippen LogP) is -0.523. The minimum absolute atomic E-state index is 0. The molecule has 1 amide bonds. The van der Waals surface area contributed by atoms with Crippen molar-refractivity contribution < 1.29 is 35.9 Å². The van der Waals surface area contributed by atoms with Crippen molar-refractivity contribution in [2.24, 2.45) is 0 Å². The minimum Gasteiger partial charge on any atom is -0.555 e. The molecule has 0 spiro atoms. The van der Waals surface area contributed by atoms with Gasteiger partial charge in [-0.05, 0) is 0 Å². The van der Waals surface area contributed by atoms with Crippen molar-refractivity contribution in [3.05, 3.63) is 6.92 Å². The minimum atomic E-state index is 0. The molecule has 0 saturated heterocycles. The molecule has 6 heavy (non-hydrogen) atoms. The van der Waals surface area contributed by atoms with Gasteiger partial charge in [0.1, 0.15) is 0 Å². The molecule has 32 valence electrons. The summed E-state index contributed by atoms with van der Waals surface area (Å²) in [5.41, 5.74) is 0. The summed E-state index contributed by atoms with van der Waals surface area (Å²) in [6.45, 7) is 3.72. The number of rotatable bonds is 2. The molecule has 0 radical (unpaired) electrons. The molecule has 0 aliphatic rings. The van der Waals surface area contributed by atoms with Gasteiger partial charge in [-0.1, -0.05) is 0 Å². The average molecular weight is 309 g/mol. The van der Waals surface area contributed by atoms with Crippen LogP contribution in [-0.2, 0) is 4.79 Å². The van der Waals surface area contributed by atoms with E-state index in [0.29, 0.717) is 6.54 Å². The Bertz CT molecular complexity index is 32.0. The Labute approximate surface area is 61.1 Å². The third-order valence-electron chi connectivity index (χ3n) is 0.197. The van der Waals surface area contributed by atoms with Crippen LogP contribution in [0, 0.1) is 38.0 Å². The van der Waals surface area contributed by atoms with Crippen LogP contribution in [0.5, 0.6) is 0 Å². The van der Waals surface area contributed by atoms with Crippen molar-refractivity contribution in [1.29, 1.82) is 0 Å². The van der Waals surface area contributed by atoms with Crippen molar-refractivity contribution >= 4 is 6.41 Å². The second-order valence-corrected chi connectivity index (χ2v) is 0.529. The van der Waals surface area contributed by atoms with E-state index >= 15 is 0 Å². The molecular formula is C3H5NOU. The molecule has 0 bridgehead atoms. The summed E-state index contributed by atoms with van der Waals surface area (Å²) in [7, 11) is 0. The van der Waals surface area contributed by atoms with Gasteiger partial charge < -0.3 is 17.0 Å². The molecule has 2 nitrogen and oxygen atoms in total. The largest absolute Gasteiger partial charge is 2.00 e. The first kappa shape index (κ1) is 9.73. The zero-order valence-electron chi connectivity index (χ0n) is 3.32. The summed E-state index contributed by atoms with van der Waals surface area (Å²) in [6, 6.07) is 0. The van der Waals surface area contributed by atoms with Gasteiger partial charge in [0.05, 0.1) is 0 Å². The summed E-state index contributed by atoms with van der Waals surface area (Å²) < 4.78 is 0. The molecule has 0 aliphatic heterocycles. The smallest absolute Gasteiger partial charge is 0.555 e. The standard InChI is InChI=1S/C3H5NO.U/c1-2-4-3-5;/h1-2H2,(H,4,5);/q-2;+2. The number of nitrogens with one attached hydrogen (secondary N) is 1. The maximum Gasteiger partial charge on any atom is 2.00 e. The van der Waals surface area contributed by atoms with Gasteiger partial charge in [-0.2, -0.15) is 6.41 Å². The molecule has 1 N–H and O–H groups in total. The molecule has 0 fully saturated rings. The fourth-order valence-electron chi connectivity index (χ4n) is 0.0510. The fraction of sp³-hybridized carbons (Fsp3) is 0.333. The molecule has 0 aromatic heterocycles. The van der Waals surface area contributed by atoms with Crippen LogP contribution in [0.2, 0.25) is 0 Å². The Morgan fingerprint density at radius 3 is 2.33 bits per heavy atom. The van der Waals surface area contributed by atoms with Crippen molar-refractivity contribution in [3.8, 4) is 0 Å². The van der Waals surface area contributed by atoms with Gasteiger partial charge in [0.25, 0.3) is 0 Å². The molecule has 0 rings (SSSR count). The van der Waals surface area contributed by atoms with Crippen molar-refractivity contribution in [2.45, 2.75) is 0 Å². The second-order valence-electron chi connectivity index (χ2n) is 0.529. The summed E-state index contributed by atoms with van der Waals surface area (Å²) in [5.74, 6) is 0. The predicted molar refractivity (Wildman–Crippen MR) is 19.1 cm³/mol. The molecule has 0 aliphatic carbocycles. The maximum absolute atomic E-state index is 9.13. The molecule has 0 unspecified atom stereocenters. The topological polar surface area (TPSA) is 29.1 Å². The van der Waals surface area contributed by atoms with Crippen LogP contribution in [0.4, 0.5) is 0 Å². The van der Waals surface area contributed by atoms with Gasteiger partial charge in [0, 0.05) is 0 Å². The van der Waals surface area contributed by atoms with E-state index in [-0.39, 0.29) is 31.1 Å². The molecule has 3 heteroatoms. The number of carbonyl (C=O) groups excluding carboxylic acids is 1. The van der Waals surface area contributed by atoms with Gasteiger partial charge in [-0.25, -0.2) is 0 Å². The van der Waals surface area contributed by atoms with Crippen molar-refractivity contribution in [1.82, 2.24) is 5.32 Å². The summed E-state index contributed by atoms with van der Waals surface area (Å²) in [5, 5.41) is 2.19. The first-order valence-electron chi connectivity index (χ1n) is 1.31. The van der Waals surface area contributed by atoms with Crippen LogP contribution in [0.1, 0.15) is 0 Å². The molecule has 0 aromatic rings. The third-order valence-corrected chi connectivity index (χ3v) is 0.197. The van der Waals surface area contributed by atoms with Crippen LogP contribution < -0.4 is 5.32 Å². The number of hydrogen-bond acceptors (Lipinski definition) is 1. The first-order valence-corrected chi connectivity index (χ1v) is 1.31. The van der Waals surface area contributed by atoms with E-state index in [1.54, 1.807) is 0 Å². The number of hydrogen-bond donors (Lipinski definition) is 1. The van der Waals surface area contributed by atoms with Crippen LogP contribution in [0.15, 0.2) is 0 Å². The molecule has 0 atom stereocenters. The van der Waals surface area contributed by atoms with E-state index in [0.717, 1.165) is 0 Å². The Balaban J connectivity index is 0. The SMILES string of the molecule is [CH2-]CN[C-]=O.[U+2]. The van der Waals surface area contributed by atoms with Crippen LogP contribution >= 0.6 is 0 Å². The van der Waals surface area contributed by atoms with E-state index < -0.39 is 0 Å². The second kappa shape index (κ2) is 9.10. The first-order chi connectivity index (χ1) is 2.41. The Hall–Kier alpha value is 0.522.